The first-order valence-corrected chi connectivity index (χ1v) is 9.18. The number of nitrogens with one attached hydrogen (secondary N) is 1. The van der Waals surface area contributed by atoms with Crippen LogP contribution in [0.25, 0.3) is 0 Å². The average Bonchev–Trinajstić information content (AvgIpc) is 2.38. The summed E-state index contributed by atoms with van der Waals surface area (Å²) in [6, 6.07) is 4.85. The van der Waals surface area contributed by atoms with E-state index in [0.717, 1.165) is 37.1 Å². The summed E-state index contributed by atoms with van der Waals surface area (Å²) in [6.07, 6.45) is 6.23. The fraction of sp³-hybridized carbons (Fsp3) is 0.538. The molecule has 0 saturated heterocycles. The zero-order valence-electron chi connectivity index (χ0n) is 11.1. The predicted octanol–water partition coefficient (Wildman–Crippen LogP) is 3.03. The van der Waals surface area contributed by atoms with Crippen LogP contribution in [0.2, 0.25) is 0 Å². The molecule has 108 valence electrons. The number of sulfonamides is 1. The molecule has 1 rings (SSSR count). The fourth-order valence-corrected chi connectivity index (χ4v) is 3.20. The van der Waals surface area contributed by atoms with Crippen molar-refractivity contribution in [3.8, 4) is 0 Å². The summed E-state index contributed by atoms with van der Waals surface area (Å²) in [7, 11) is -3.50. The second-order valence-corrected chi connectivity index (χ2v) is 7.01. The fourth-order valence-electron chi connectivity index (χ4n) is 1.63. The van der Waals surface area contributed by atoms with Gasteiger partial charge in [-0.25, -0.2) is 17.5 Å². The van der Waals surface area contributed by atoms with E-state index in [0.29, 0.717) is 6.54 Å². The molecule has 0 spiro atoms. The van der Waals surface area contributed by atoms with Crippen LogP contribution in [0.15, 0.2) is 29.2 Å². The van der Waals surface area contributed by atoms with Crippen LogP contribution in [0.1, 0.15) is 25.7 Å². The lowest BCUT2D eigenvalue weighted by atomic mass is 10.2. The summed E-state index contributed by atoms with van der Waals surface area (Å²) in [4.78, 5) is 0.108. The zero-order chi connectivity index (χ0) is 14.1. The third kappa shape index (κ3) is 6.40. The molecule has 0 amide bonds. The van der Waals surface area contributed by atoms with E-state index in [1.807, 2.05) is 11.8 Å². The molecule has 1 aromatic carbocycles. The summed E-state index contributed by atoms with van der Waals surface area (Å²) < 4.78 is 38.9. The Morgan fingerprint density at radius 3 is 2.37 bits per heavy atom. The van der Waals surface area contributed by atoms with Crippen molar-refractivity contribution >= 4 is 21.8 Å². The Kier molecular flexibility index (Phi) is 7.41. The molecule has 3 nitrogen and oxygen atoms in total. The number of halogens is 1. The highest BCUT2D eigenvalue weighted by atomic mass is 32.2. The first kappa shape index (κ1) is 16.5. The quantitative estimate of drug-likeness (QED) is 0.713. The summed E-state index contributed by atoms with van der Waals surface area (Å²) in [6.45, 7) is 0.430. The molecule has 1 N–H and O–H groups in total. The molecule has 0 atom stereocenters. The van der Waals surface area contributed by atoms with Gasteiger partial charge in [0.05, 0.1) is 4.90 Å². The highest BCUT2D eigenvalue weighted by molar-refractivity contribution is 7.98. The summed E-state index contributed by atoms with van der Waals surface area (Å²) in [5, 5.41) is 0. The molecule has 0 aliphatic carbocycles. The second kappa shape index (κ2) is 8.55. The van der Waals surface area contributed by atoms with Crippen LogP contribution in [0.3, 0.4) is 0 Å². The Hall–Kier alpha value is -0.590. The zero-order valence-corrected chi connectivity index (χ0v) is 12.7. The number of unbranched alkanes of at least 4 members (excludes halogenated alkanes) is 3. The van der Waals surface area contributed by atoms with Crippen LogP contribution in [0.5, 0.6) is 0 Å². The van der Waals surface area contributed by atoms with Gasteiger partial charge in [-0.15, -0.1) is 0 Å². The molecule has 0 bridgehead atoms. The Balaban J connectivity index is 2.29. The Morgan fingerprint density at radius 2 is 1.74 bits per heavy atom. The van der Waals surface area contributed by atoms with Crippen LogP contribution in [-0.4, -0.2) is 27.0 Å². The lowest BCUT2D eigenvalue weighted by Crippen LogP contribution is -2.24. The molecule has 0 aromatic heterocycles. The van der Waals surface area contributed by atoms with Crippen molar-refractivity contribution in [2.45, 2.75) is 30.6 Å². The van der Waals surface area contributed by atoms with Gasteiger partial charge < -0.3 is 0 Å². The molecule has 0 heterocycles. The number of rotatable bonds is 9. The third-order valence-corrected chi connectivity index (χ3v) is 4.87. The number of thioether (sulfide) groups is 1. The standard InChI is InChI=1S/C13H20FNO2S2/c1-18-11-5-3-2-4-10-15-19(16,17)13-8-6-12(14)7-9-13/h6-9,15H,2-5,10-11H2,1H3. The van der Waals surface area contributed by atoms with Crippen LogP contribution < -0.4 is 4.72 Å². The largest absolute Gasteiger partial charge is 0.240 e. The molecule has 0 fully saturated rings. The van der Waals surface area contributed by atoms with E-state index < -0.39 is 15.8 Å². The number of hydrogen-bond donors (Lipinski definition) is 1. The van der Waals surface area contributed by atoms with E-state index in [-0.39, 0.29) is 4.90 Å². The molecule has 0 aliphatic heterocycles. The third-order valence-electron chi connectivity index (χ3n) is 2.69. The Bertz CT molecular complexity index is 460. The molecule has 19 heavy (non-hydrogen) atoms. The van der Waals surface area contributed by atoms with Crippen molar-refractivity contribution in [3.63, 3.8) is 0 Å². The smallest absolute Gasteiger partial charge is 0.211 e. The van der Waals surface area contributed by atoms with Gasteiger partial charge in [0.2, 0.25) is 10.0 Å². The predicted molar refractivity (Wildman–Crippen MR) is 78.4 cm³/mol. The molecule has 0 unspecified atom stereocenters. The number of hydrogen-bond acceptors (Lipinski definition) is 3. The van der Waals surface area contributed by atoms with E-state index in [1.54, 1.807) is 0 Å². The SMILES string of the molecule is CSCCCCCCNS(=O)(=O)c1ccc(F)cc1. The highest BCUT2D eigenvalue weighted by Gasteiger charge is 2.12. The first-order valence-electron chi connectivity index (χ1n) is 6.30. The lowest BCUT2D eigenvalue weighted by molar-refractivity contribution is 0.573. The maximum Gasteiger partial charge on any atom is 0.240 e. The van der Waals surface area contributed by atoms with Crippen molar-refractivity contribution < 1.29 is 12.8 Å². The molecule has 0 aliphatic rings. The summed E-state index contributed by atoms with van der Waals surface area (Å²) in [5.74, 6) is 0.717. The van der Waals surface area contributed by atoms with Crippen LogP contribution in [0.4, 0.5) is 4.39 Å². The molecule has 0 saturated carbocycles. The highest BCUT2D eigenvalue weighted by Crippen LogP contribution is 2.10. The maximum atomic E-state index is 12.7. The van der Waals surface area contributed by atoms with Gasteiger partial charge in [-0.05, 0) is 49.1 Å². The van der Waals surface area contributed by atoms with Gasteiger partial charge in [-0.2, -0.15) is 11.8 Å². The minimum atomic E-state index is -3.50. The van der Waals surface area contributed by atoms with Gasteiger partial charge >= 0.3 is 0 Å². The Labute approximate surface area is 119 Å². The van der Waals surface area contributed by atoms with Gasteiger partial charge in [0.15, 0.2) is 0 Å². The van der Waals surface area contributed by atoms with E-state index in [4.69, 9.17) is 0 Å². The van der Waals surface area contributed by atoms with E-state index in [1.165, 1.54) is 18.6 Å². The molecule has 1 aromatic rings. The van der Waals surface area contributed by atoms with E-state index in [9.17, 15) is 12.8 Å². The van der Waals surface area contributed by atoms with E-state index >= 15 is 0 Å². The Morgan fingerprint density at radius 1 is 1.11 bits per heavy atom. The topological polar surface area (TPSA) is 46.2 Å². The van der Waals surface area contributed by atoms with E-state index in [2.05, 4.69) is 11.0 Å². The summed E-state index contributed by atoms with van der Waals surface area (Å²) in [5.41, 5.74) is 0. The van der Waals surface area contributed by atoms with Crippen molar-refractivity contribution in [1.82, 2.24) is 4.72 Å². The van der Waals surface area contributed by atoms with Crippen molar-refractivity contribution in [3.05, 3.63) is 30.1 Å². The molecular formula is C13H20FNO2S2. The van der Waals surface area contributed by atoms with Gasteiger partial charge in [0, 0.05) is 6.54 Å². The summed E-state index contributed by atoms with van der Waals surface area (Å²) >= 11 is 1.83. The lowest BCUT2D eigenvalue weighted by Gasteiger charge is -2.06. The van der Waals surface area contributed by atoms with Crippen LogP contribution in [-0.2, 0) is 10.0 Å². The maximum absolute atomic E-state index is 12.7. The van der Waals surface area contributed by atoms with Gasteiger partial charge in [-0.1, -0.05) is 12.8 Å². The van der Waals surface area contributed by atoms with Crippen LogP contribution in [0, 0.1) is 5.82 Å². The van der Waals surface area contributed by atoms with Gasteiger partial charge in [-0.3, -0.25) is 0 Å². The van der Waals surface area contributed by atoms with Crippen molar-refractivity contribution in [1.29, 1.82) is 0 Å². The average molecular weight is 305 g/mol. The molecular weight excluding hydrogens is 285 g/mol. The molecule has 0 radical (unpaired) electrons. The monoisotopic (exact) mass is 305 g/mol. The minimum Gasteiger partial charge on any atom is -0.211 e. The van der Waals surface area contributed by atoms with Gasteiger partial charge in [0.1, 0.15) is 5.82 Å². The van der Waals surface area contributed by atoms with Crippen LogP contribution >= 0.6 is 11.8 Å². The number of benzene rings is 1. The molecule has 6 heteroatoms. The van der Waals surface area contributed by atoms with Gasteiger partial charge in [0.25, 0.3) is 0 Å². The first-order chi connectivity index (χ1) is 9.06. The van der Waals surface area contributed by atoms with Crippen molar-refractivity contribution in [2.75, 3.05) is 18.6 Å². The normalized spacial score (nSPS) is 11.7. The van der Waals surface area contributed by atoms with Crippen molar-refractivity contribution in [2.24, 2.45) is 0 Å². The minimum absolute atomic E-state index is 0.108. The second-order valence-electron chi connectivity index (χ2n) is 4.26.